The van der Waals surface area contributed by atoms with Crippen LogP contribution in [0.1, 0.15) is 26.2 Å². The van der Waals surface area contributed by atoms with E-state index < -0.39 is 10.8 Å². The first-order valence-corrected chi connectivity index (χ1v) is 6.19. The van der Waals surface area contributed by atoms with E-state index in [2.05, 4.69) is 0 Å². The molecular weight excluding hydrogens is 188 g/mol. The van der Waals surface area contributed by atoms with Crippen molar-refractivity contribution in [3.8, 4) is 0 Å². The molecule has 0 aromatic carbocycles. The van der Waals surface area contributed by atoms with Gasteiger partial charge in [0.15, 0.2) is 0 Å². The molecule has 13 heavy (non-hydrogen) atoms. The van der Waals surface area contributed by atoms with Crippen molar-refractivity contribution in [3.05, 3.63) is 0 Å². The molecule has 1 fully saturated rings. The summed E-state index contributed by atoms with van der Waals surface area (Å²) < 4.78 is 16.7. The van der Waals surface area contributed by atoms with Crippen LogP contribution < -0.4 is 0 Å². The fourth-order valence-electron chi connectivity index (χ4n) is 1.32. The number of Topliss-reactive ketones (excluding diaryl/α,β-unsaturated/α-hetero) is 1. The van der Waals surface area contributed by atoms with E-state index >= 15 is 0 Å². The Balaban J connectivity index is 2.20. The monoisotopic (exact) mass is 204 g/mol. The van der Waals surface area contributed by atoms with E-state index in [1.807, 2.05) is 0 Å². The third-order valence-electron chi connectivity index (χ3n) is 2.11. The number of carbonyl (C=O) groups is 1. The van der Waals surface area contributed by atoms with Crippen molar-refractivity contribution in [2.45, 2.75) is 32.3 Å². The Morgan fingerprint density at radius 3 is 2.92 bits per heavy atom. The number of ether oxygens (including phenoxy) is 1. The molecule has 0 radical (unpaired) electrons. The zero-order valence-corrected chi connectivity index (χ0v) is 8.77. The smallest absolute Gasteiger partial charge is 0.145 e. The van der Waals surface area contributed by atoms with Crippen LogP contribution in [0.3, 0.4) is 0 Å². The lowest BCUT2D eigenvalue weighted by molar-refractivity contribution is -0.116. The normalized spacial score (nSPS) is 24.5. The number of carbonyl (C=O) groups excluding carboxylic acids is 1. The van der Waals surface area contributed by atoms with Crippen LogP contribution in [0.2, 0.25) is 0 Å². The first-order chi connectivity index (χ1) is 6.22. The molecule has 1 aliphatic rings. The van der Waals surface area contributed by atoms with Gasteiger partial charge in [-0.1, -0.05) is 6.92 Å². The highest BCUT2D eigenvalue weighted by molar-refractivity contribution is 7.85. The van der Waals surface area contributed by atoms with E-state index in [9.17, 15) is 9.00 Å². The Morgan fingerprint density at radius 2 is 2.38 bits per heavy atom. The van der Waals surface area contributed by atoms with Crippen molar-refractivity contribution in [1.29, 1.82) is 0 Å². The van der Waals surface area contributed by atoms with Crippen LogP contribution in [0.4, 0.5) is 0 Å². The van der Waals surface area contributed by atoms with E-state index in [-0.39, 0.29) is 17.6 Å². The van der Waals surface area contributed by atoms with Crippen LogP contribution >= 0.6 is 0 Å². The minimum Gasteiger partial charge on any atom is -0.377 e. The van der Waals surface area contributed by atoms with Gasteiger partial charge >= 0.3 is 0 Å². The lowest BCUT2D eigenvalue weighted by Crippen LogP contribution is -2.20. The Kier molecular flexibility index (Phi) is 4.59. The van der Waals surface area contributed by atoms with Gasteiger partial charge in [-0.25, -0.2) is 0 Å². The number of hydrogen-bond acceptors (Lipinski definition) is 3. The van der Waals surface area contributed by atoms with Crippen LogP contribution in [0.25, 0.3) is 0 Å². The minimum atomic E-state index is -1.01. The van der Waals surface area contributed by atoms with Crippen molar-refractivity contribution in [1.82, 2.24) is 0 Å². The van der Waals surface area contributed by atoms with Gasteiger partial charge in [-0.05, 0) is 12.8 Å². The van der Waals surface area contributed by atoms with Crippen molar-refractivity contribution in [2.24, 2.45) is 0 Å². The second-order valence-corrected chi connectivity index (χ2v) is 4.78. The molecule has 0 aromatic heterocycles. The average Bonchev–Trinajstić information content (AvgIpc) is 2.56. The molecule has 1 saturated heterocycles. The van der Waals surface area contributed by atoms with Crippen molar-refractivity contribution < 1.29 is 13.7 Å². The maximum Gasteiger partial charge on any atom is 0.145 e. The van der Waals surface area contributed by atoms with E-state index in [4.69, 9.17) is 4.74 Å². The van der Waals surface area contributed by atoms with Crippen LogP contribution in [0, 0.1) is 0 Å². The third-order valence-corrected chi connectivity index (χ3v) is 3.50. The summed E-state index contributed by atoms with van der Waals surface area (Å²) in [7, 11) is -1.01. The van der Waals surface area contributed by atoms with Gasteiger partial charge in [-0.3, -0.25) is 9.00 Å². The van der Waals surface area contributed by atoms with Crippen LogP contribution in [-0.2, 0) is 20.3 Å². The maximum atomic E-state index is 11.4. The van der Waals surface area contributed by atoms with Gasteiger partial charge in [0.2, 0.25) is 0 Å². The Morgan fingerprint density at radius 1 is 1.62 bits per heavy atom. The molecule has 0 N–H and O–H groups in total. The lowest BCUT2D eigenvalue weighted by atomic mass is 10.3. The highest BCUT2D eigenvalue weighted by Gasteiger charge is 2.19. The third kappa shape index (κ3) is 4.00. The highest BCUT2D eigenvalue weighted by Crippen LogP contribution is 2.12. The zero-order valence-electron chi connectivity index (χ0n) is 7.95. The molecule has 0 spiro atoms. The quantitative estimate of drug-likeness (QED) is 0.668. The topological polar surface area (TPSA) is 43.4 Å². The van der Waals surface area contributed by atoms with Crippen LogP contribution in [0.15, 0.2) is 0 Å². The van der Waals surface area contributed by atoms with E-state index in [1.165, 1.54) is 0 Å². The van der Waals surface area contributed by atoms with Gasteiger partial charge in [0, 0.05) is 23.8 Å². The first-order valence-electron chi connectivity index (χ1n) is 4.70. The Bertz CT molecular complexity index is 197. The Hall–Kier alpha value is -0.220. The molecule has 0 amide bonds. The van der Waals surface area contributed by atoms with E-state index in [0.717, 1.165) is 19.4 Å². The summed E-state index contributed by atoms with van der Waals surface area (Å²) in [5.74, 6) is 0.818. The fourth-order valence-corrected chi connectivity index (χ4v) is 2.68. The van der Waals surface area contributed by atoms with Crippen molar-refractivity contribution in [3.63, 3.8) is 0 Å². The molecule has 0 aromatic rings. The van der Waals surface area contributed by atoms with E-state index in [1.54, 1.807) is 6.92 Å². The molecular formula is C9H16O3S. The number of hydrogen-bond donors (Lipinski definition) is 0. The summed E-state index contributed by atoms with van der Waals surface area (Å²) in [5, 5.41) is 0. The molecule has 2 unspecified atom stereocenters. The first kappa shape index (κ1) is 10.9. The van der Waals surface area contributed by atoms with Crippen molar-refractivity contribution in [2.75, 3.05) is 18.1 Å². The van der Waals surface area contributed by atoms with Gasteiger partial charge in [-0.15, -0.1) is 0 Å². The zero-order chi connectivity index (χ0) is 9.68. The largest absolute Gasteiger partial charge is 0.377 e. The number of rotatable bonds is 5. The Labute approximate surface area is 81.3 Å². The molecule has 76 valence electrons. The van der Waals surface area contributed by atoms with Crippen molar-refractivity contribution >= 4 is 16.6 Å². The summed E-state index contributed by atoms with van der Waals surface area (Å²) >= 11 is 0. The molecule has 0 bridgehead atoms. The molecule has 1 heterocycles. The lowest BCUT2D eigenvalue weighted by Gasteiger charge is -2.07. The van der Waals surface area contributed by atoms with Gasteiger partial charge in [-0.2, -0.15) is 0 Å². The van der Waals surface area contributed by atoms with Crippen LogP contribution in [0.5, 0.6) is 0 Å². The predicted octanol–water partition coefficient (Wildman–Crippen LogP) is 0.893. The predicted molar refractivity (Wildman–Crippen MR) is 52.1 cm³/mol. The average molecular weight is 204 g/mol. The second kappa shape index (κ2) is 5.50. The molecule has 2 atom stereocenters. The molecule has 3 nitrogen and oxygen atoms in total. The summed E-state index contributed by atoms with van der Waals surface area (Å²) in [6, 6.07) is 0. The summed E-state index contributed by atoms with van der Waals surface area (Å²) in [6.07, 6.45) is 2.66. The summed E-state index contributed by atoms with van der Waals surface area (Å²) in [4.78, 5) is 11.0. The molecule has 0 saturated carbocycles. The van der Waals surface area contributed by atoms with E-state index in [0.29, 0.717) is 12.2 Å². The molecule has 1 aliphatic heterocycles. The summed E-state index contributed by atoms with van der Waals surface area (Å²) in [5.41, 5.74) is 0. The van der Waals surface area contributed by atoms with Crippen LogP contribution in [-0.4, -0.2) is 34.2 Å². The highest BCUT2D eigenvalue weighted by atomic mass is 32.2. The second-order valence-electron chi connectivity index (χ2n) is 3.28. The van der Waals surface area contributed by atoms with Gasteiger partial charge < -0.3 is 4.74 Å². The summed E-state index contributed by atoms with van der Waals surface area (Å²) in [6.45, 7) is 2.58. The standard InChI is InChI=1S/C9H16O3S/c1-2-8(10)6-13(11)7-9-4-3-5-12-9/h9H,2-7H2,1H3. The molecule has 0 aliphatic carbocycles. The van der Waals surface area contributed by atoms with Gasteiger partial charge in [0.1, 0.15) is 5.78 Å². The SMILES string of the molecule is CCC(=O)CS(=O)CC1CCCO1. The van der Waals surface area contributed by atoms with Gasteiger partial charge in [0.05, 0.1) is 17.6 Å². The minimum absolute atomic E-state index is 0.0799. The fraction of sp³-hybridized carbons (Fsp3) is 0.889. The van der Waals surface area contributed by atoms with Gasteiger partial charge in [0.25, 0.3) is 0 Å². The molecule has 1 rings (SSSR count). The molecule has 4 heteroatoms. The maximum absolute atomic E-state index is 11.4. The number of ketones is 1.